The quantitative estimate of drug-likeness (QED) is 0.604. The predicted molar refractivity (Wildman–Crippen MR) is 114 cm³/mol. The number of anilines is 1. The van der Waals surface area contributed by atoms with Gasteiger partial charge in [-0.2, -0.15) is 0 Å². The molecule has 0 spiro atoms. The molecule has 0 aliphatic carbocycles. The predicted octanol–water partition coefficient (Wildman–Crippen LogP) is 3.51. The summed E-state index contributed by atoms with van der Waals surface area (Å²) in [5.41, 5.74) is 1.06. The molecule has 0 saturated carbocycles. The summed E-state index contributed by atoms with van der Waals surface area (Å²) in [6.07, 6.45) is -0.372. The van der Waals surface area contributed by atoms with Gasteiger partial charge in [-0.25, -0.2) is 4.79 Å². The Bertz CT molecular complexity index is 832. The first-order valence-corrected chi connectivity index (χ1v) is 10.1. The molecule has 2 amide bonds. The molecule has 0 saturated heterocycles. The van der Waals surface area contributed by atoms with Gasteiger partial charge in [0.2, 0.25) is 0 Å². The number of carbonyl (C=O) groups is 3. The van der Waals surface area contributed by atoms with Crippen molar-refractivity contribution in [3.63, 3.8) is 0 Å². The van der Waals surface area contributed by atoms with Crippen molar-refractivity contribution in [3.8, 4) is 5.75 Å². The van der Waals surface area contributed by atoms with E-state index in [1.807, 2.05) is 32.0 Å². The number of rotatable bonds is 10. The molecular formula is C23H28N2O5. The van der Waals surface area contributed by atoms with Crippen molar-refractivity contribution in [2.45, 2.75) is 33.3 Å². The summed E-state index contributed by atoms with van der Waals surface area (Å²) < 4.78 is 10.7. The molecule has 0 fully saturated rings. The number of amides is 2. The first-order chi connectivity index (χ1) is 14.5. The van der Waals surface area contributed by atoms with Crippen LogP contribution in [-0.2, 0) is 14.3 Å². The van der Waals surface area contributed by atoms with Gasteiger partial charge in [0.1, 0.15) is 5.75 Å². The minimum absolute atomic E-state index is 0.0594. The number of esters is 1. The lowest BCUT2D eigenvalue weighted by atomic mass is 10.2. The van der Waals surface area contributed by atoms with Crippen LogP contribution in [0.4, 0.5) is 5.69 Å². The van der Waals surface area contributed by atoms with E-state index in [0.717, 1.165) is 0 Å². The van der Waals surface area contributed by atoms with Gasteiger partial charge in [-0.3, -0.25) is 9.59 Å². The fourth-order valence-corrected chi connectivity index (χ4v) is 2.78. The van der Waals surface area contributed by atoms with Gasteiger partial charge in [-0.1, -0.05) is 25.1 Å². The second-order valence-electron chi connectivity index (χ2n) is 6.54. The number of hydrogen-bond donors (Lipinski definition) is 1. The first-order valence-electron chi connectivity index (χ1n) is 10.1. The van der Waals surface area contributed by atoms with Crippen LogP contribution in [0.5, 0.6) is 5.75 Å². The Hall–Kier alpha value is -3.35. The number of para-hydroxylation sites is 1. The molecule has 0 aliphatic rings. The minimum atomic E-state index is -0.787. The SMILES string of the molecule is CC[C@@H](Oc1ccccc1)C(=O)OCC(=O)Nc1ccc(C(=O)N(CC)CC)cc1. The molecule has 1 N–H and O–H groups in total. The molecule has 2 aromatic rings. The zero-order chi connectivity index (χ0) is 21.9. The van der Waals surface area contributed by atoms with Crippen molar-refractivity contribution in [1.82, 2.24) is 4.90 Å². The van der Waals surface area contributed by atoms with Crippen LogP contribution in [0.3, 0.4) is 0 Å². The van der Waals surface area contributed by atoms with E-state index < -0.39 is 24.6 Å². The summed E-state index contributed by atoms with van der Waals surface area (Å²) in [6.45, 7) is 6.48. The van der Waals surface area contributed by atoms with E-state index in [-0.39, 0.29) is 5.91 Å². The van der Waals surface area contributed by atoms with Crippen LogP contribution in [0.25, 0.3) is 0 Å². The monoisotopic (exact) mass is 412 g/mol. The Balaban J connectivity index is 1.85. The van der Waals surface area contributed by atoms with Crippen molar-refractivity contribution in [2.75, 3.05) is 25.0 Å². The summed E-state index contributed by atoms with van der Waals surface area (Å²) in [5.74, 6) is -0.571. The van der Waals surface area contributed by atoms with Gasteiger partial charge >= 0.3 is 5.97 Å². The Morgan fingerprint density at radius 1 is 0.933 bits per heavy atom. The maximum absolute atomic E-state index is 12.3. The summed E-state index contributed by atoms with van der Waals surface area (Å²) in [6, 6.07) is 15.6. The van der Waals surface area contributed by atoms with Crippen molar-refractivity contribution < 1.29 is 23.9 Å². The molecule has 1 atom stereocenters. The van der Waals surface area contributed by atoms with Crippen molar-refractivity contribution in [3.05, 3.63) is 60.2 Å². The highest BCUT2D eigenvalue weighted by Gasteiger charge is 2.21. The largest absolute Gasteiger partial charge is 0.479 e. The third kappa shape index (κ3) is 6.62. The highest BCUT2D eigenvalue weighted by atomic mass is 16.6. The lowest BCUT2D eigenvalue weighted by Crippen LogP contribution is -2.31. The van der Waals surface area contributed by atoms with Crippen molar-refractivity contribution in [2.24, 2.45) is 0 Å². The van der Waals surface area contributed by atoms with Crippen LogP contribution in [-0.4, -0.2) is 48.5 Å². The Kier molecular flexibility index (Phi) is 8.87. The van der Waals surface area contributed by atoms with Crippen LogP contribution >= 0.6 is 0 Å². The number of ether oxygens (including phenoxy) is 2. The molecule has 0 heterocycles. The molecular weight excluding hydrogens is 384 g/mol. The lowest BCUT2D eigenvalue weighted by molar-refractivity contribution is -0.154. The Morgan fingerprint density at radius 2 is 1.57 bits per heavy atom. The summed E-state index contributed by atoms with van der Waals surface area (Å²) in [7, 11) is 0. The van der Waals surface area contributed by atoms with E-state index >= 15 is 0 Å². The maximum Gasteiger partial charge on any atom is 0.347 e. The molecule has 2 rings (SSSR count). The number of nitrogens with zero attached hydrogens (tertiary/aromatic N) is 1. The molecule has 0 radical (unpaired) electrons. The summed E-state index contributed by atoms with van der Waals surface area (Å²) in [4.78, 5) is 38.3. The average molecular weight is 412 g/mol. The molecule has 160 valence electrons. The summed E-state index contributed by atoms with van der Waals surface area (Å²) >= 11 is 0. The highest BCUT2D eigenvalue weighted by molar-refractivity contribution is 5.96. The number of carbonyl (C=O) groups excluding carboxylic acids is 3. The fourth-order valence-electron chi connectivity index (χ4n) is 2.78. The van der Waals surface area contributed by atoms with Gasteiger partial charge in [0, 0.05) is 24.3 Å². The lowest BCUT2D eigenvalue weighted by Gasteiger charge is -2.18. The van der Waals surface area contributed by atoms with Crippen LogP contribution in [0.15, 0.2) is 54.6 Å². The third-order valence-corrected chi connectivity index (χ3v) is 4.47. The molecule has 0 bridgehead atoms. The molecule has 0 aliphatic heterocycles. The zero-order valence-electron chi connectivity index (χ0n) is 17.6. The van der Waals surface area contributed by atoms with Crippen LogP contribution in [0, 0.1) is 0 Å². The van der Waals surface area contributed by atoms with E-state index in [0.29, 0.717) is 36.5 Å². The third-order valence-electron chi connectivity index (χ3n) is 4.47. The molecule has 30 heavy (non-hydrogen) atoms. The highest BCUT2D eigenvalue weighted by Crippen LogP contribution is 2.14. The normalized spacial score (nSPS) is 11.3. The van der Waals surface area contributed by atoms with E-state index in [2.05, 4.69) is 5.32 Å². The van der Waals surface area contributed by atoms with E-state index in [1.54, 1.807) is 48.2 Å². The Labute approximate surface area is 177 Å². The van der Waals surface area contributed by atoms with Crippen molar-refractivity contribution in [1.29, 1.82) is 0 Å². The molecule has 2 aromatic carbocycles. The number of nitrogens with one attached hydrogen (secondary N) is 1. The van der Waals surface area contributed by atoms with E-state index in [4.69, 9.17) is 9.47 Å². The van der Waals surface area contributed by atoms with Gasteiger partial charge in [0.25, 0.3) is 11.8 Å². The van der Waals surface area contributed by atoms with Crippen molar-refractivity contribution >= 4 is 23.5 Å². The molecule has 0 unspecified atom stereocenters. The topological polar surface area (TPSA) is 84.9 Å². The van der Waals surface area contributed by atoms with Gasteiger partial charge in [-0.15, -0.1) is 0 Å². The standard InChI is InChI=1S/C23H28N2O5/c1-4-20(30-19-10-8-7-9-11-19)23(28)29-16-21(26)24-18-14-12-17(13-15-18)22(27)25(5-2)6-3/h7-15,20H,4-6,16H2,1-3H3,(H,24,26)/t20-/m1/s1. The molecule has 7 heteroatoms. The van der Waals surface area contributed by atoms with Crippen LogP contribution < -0.4 is 10.1 Å². The second kappa shape index (κ2) is 11.6. The fraction of sp³-hybridized carbons (Fsp3) is 0.348. The molecule has 0 aromatic heterocycles. The summed E-state index contributed by atoms with van der Waals surface area (Å²) in [5, 5.41) is 2.65. The van der Waals surface area contributed by atoms with E-state index in [1.165, 1.54) is 0 Å². The zero-order valence-corrected chi connectivity index (χ0v) is 17.6. The van der Waals surface area contributed by atoms with Crippen LogP contribution in [0.2, 0.25) is 0 Å². The van der Waals surface area contributed by atoms with Crippen LogP contribution in [0.1, 0.15) is 37.6 Å². The minimum Gasteiger partial charge on any atom is -0.479 e. The number of hydrogen-bond acceptors (Lipinski definition) is 5. The van der Waals surface area contributed by atoms with Gasteiger partial charge in [0.05, 0.1) is 0 Å². The smallest absolute Gasteiger partial charge is 0.347 e. The number of benzene rings is 2. The Morgan fingerprint density at radius 3 is 2.13 bits per heavy atom. The van der Waals surface area contributed by atoms with Gasteiger partial charge in [0.15, 0.2) is 12.7 Å². The van der Waals surface area contributed by atoms with Gasteiger partial charge in [-0.05, 0) is 56.7 Å². The average Bonchev–Trinajstić information content (AvgIpc) is 2.77. The first kappa shape index (κ1) is 22.9. The second-order valence-corrected chi connectivity index (χ2v) is 6.54. The van der Waals surface area contributed by atoms with Gasteiger partial charge < -0.3 is 19.7 Å². The van der Waals surface area contributed by atoms with E-state index in [9.17, 15) is 14.4 Å². The molecule has 7 nitrogen and oxygen atoms in total. The maximum atomic E-state index is 12.3.